The molecule has 1 aromatic carbocycles. The Morgan fingerprint density at radius 2 is 2.22 bits per heavy atom. The lowest BCUT2D eigenvalue weighted by Gasteiger charge is -2.04. The Balaban J connectivity index is 2.05. The summed E-state index contributed by atoms with van der Waals surface area (Å²) in [6.07, 6.45) is 4.90. The van der Waals surface area contributed by atoms with Crippen LogP contribution in [0.5, 0.6) is 0 Å². The monoisotopic (exact) mass is 262 g/mol. The van der Waals surface area contributed by atoms with Crippen LogP contribution in [0.2, 0.25) is 5.02 Å². The number of nitrogens with zero attached hydrogens (tertiary/aromatic N) is 2. The highest BCUT2D eigenvalue weighted by Gasteiger charge is 2.10. The van der Waals surface area contributed by atoms with Crippen molar-refractivity contribution in [3.05, 3.63) is 52.3 Å². The van der Waals surface area contributed by atoms with E-state index in [1.165, 1.54) is 0 Å². The fourth-order valence-corrected chi connectivity index (χ4v) is 2.06. The number of carbonyl (C=O) groups is 1. The van der Waals surface area contributed by atoms with Gasteiger partial charge in [0.1, 0.15) is 0 Å². The topological polar surface area (TPSA) is 34.9 Å². The molecule has 3 nitrogen and oxygen atoms in total. The van der Waals surface area contributed by atoms with E-state index in [0.29, 0.717) is 23.4 Å². The standard InChI is InChI=1S/C14H15ClN2O/c1-10-3-5-12(15)7-13(10)14(18)6-4-11-8-16-17(2)9-11/h3,5,7-9H,4,6H2,1-2H3. The molecule has 0 saturated heterocycles. The van der Waals surface area contributed by atoms with Gasteiger partial charge in [-0.1, -0.05) is 17.7 Å². The number of aromatic nitrogens is 2. The van der Waals surface area contributed by atoms with Crippen LogP contribution in [0.1, 0.15) is 27.9 Å². The molecule has 2 rings (SSSR count). The van der Waals surface area contributed by atoms with Gasteiger partial charge in [-0.05, 0) is 36.6 Å². The fourth-order valence-electron chi connectivity index (χ4n) is 1.89. The number of hydrogen-bond acceptors (Lipinski definition) is 2. The summed E-state index contributed by atoms with van der Waals surface area (Å²) in [5, 5.41) is 4.69. The summed E-state index contributed by atoms with van der Waals surface area (Å²) in [7, 11) is 1.87. The number of hydrogen-bond donors (Lipinski definition) is 0. The second-order valence-corrected chi connectivity index (χ2v) is 4.84. The summed E-state index contributed by atoms with van der Waals surface area (Å²) in [5.74, 6) is 0.124. The molecule has 0 atom stereocenters. The molecule has 0 saturated carbocycles. The highest BCUT2D eigenvalue weighted by Crippen LogP contribution is 2.17. The lowest BCUT2D eigenvalue weighted by molar-refractivity contribution is 0.0982. The van der Waals surface area contributed by atoms with E-state index in [1.54, 1.807) is 23.0 Å². The maximum Gasteiger partial charge on any atom is 0.163 e. The Morgan fingerprint density at radius 3 is 2.89 bits per heavy atom. The predicted molar refractivity (Wildman–Crippen MR) is 72.0 cm³/mol. The van der Waals surface area contributed by atoms with Gasteiger partial charge in [-0.15, -0.1) is 0 Å². The first-order valence-electron chi connectivity index (χ1n) is 5.83. The second kappa shape index (κ2) is 5.36. The van der Waals surface area contributed by atoms with Crippen molar-refractivity contribution in [2.75, 3.05) is 0 Å². The van der Waals surface area contributed by atoms with E-state index in [0.717, 1.165) is 11.1 Å². The van der Waals surface area contributed by atoms with Crippen molar-refractivity contribution >= 4 is 17.4 Å². The summed E-state index contributed by atoms with van der Waals surface area (Å²) in [6, 6.07) is 5.41. The van der Waals surface area contributed by atoms with Gasteiger partial charge in [0, 0.05) is 30.3 Å². The number of Topliss-reactive ketones (excluding diaryl/α,β-unsaturated/α-hetero) is 1. The number of benzene rings is 1. The van der Waals surface area contributed by atoms with Crippen LogP contribution < -0.4 is 0 Å². The molecule has 0 fully saturated rings. The smallest absolute Gasteiger partial charge is 0.163 e. The van der Waals surface area contributed by atoms with Crippen molar-refractivity contribution in [2.45, 2.75) is 19.8 Å². The highest BCUT2D eigenvalue weighted by atomic mass is 35.5. The minimum absolute atomic E-state index is 0.124. The molecule has 0 amide bonds. The second-order valence-electron chi connectivity index (χ2n) is 4.40. The minimum atomic E-state index is 0.124. The van der Waals surface area contributed by atoms with Crippen molar-refractivity contribution in [3.8, 4) is 0 Å². The average Bonchev–Trinajstić information content (AvgIpc) is 2.75. The van der Waals surface area contributed by atoms with Gasteiger partial charge in [0.05, 0.1) is 6.20 Å². The fraction of sp³-hybridized carbons (Fsp3) is 0.286. The van der Waals surface area contributed by atoms with Gasteiger partial charge in [0.15, 0.2) is 5.78 Å². The lowest BCUT2D eigenvalue weighted by atomic mass is 10.0. The Bertz CT molecular complexity index is 575. The first-order chi connectivity index (χ1) is 8.56. The largest absolute Gasteiger partial charge is 0.294 e. The summed E-state index contributed by atoms with van der Waals surface area (Å²) in [5.41, 5.74) is 2.76. The van der Waals surface area contributed by atoms with E-state index in [9.17, 15) is 4.79 Å². The summed E-state index contributed by atoms with van der Waals surface area (Å²) in [6.45, 7) is 1.92. The first-order valence-corrected chi connectivity index (χ1v) is 6.21. The molecule has 0 unspecified atom stereocenters. The quantitative estimate of drug-likeness (QED) is 0.793. The van der Waals surface area contributed by atoms with Crippen LogP contribution in [0.3, 0.4) is 0 Å². The van der Waals surface area contributed by atoms with E-state index in [-0.39, 0.29) is 5.78 Å². The van der Waals surface area contributed by atoms with Crippen molar-refractivity contribution in [1.29, 1.82) is 0 Å². The average molecular weight is 263 g/mol. The van der Waals surface area contributed by atoms with Gasteiger partial charge < -0.3 is 0 Å². The van der Waals surface area contributed by atoms with Crippen LogP contribution in [0, 0.1) is 6.92 Å². The zero-order valence-corrected chi connectivity index (χ0v) is 11.2. The molecule has 94 valence electrons. The molecule has 0 spiro atoms. The van der Waals surface area contributed by atoms with E-state index in [2.05, 4.69) is 5.10 Å². The molecular weight excluding hydrogens is 248 g/mol. The molecule has 18 heavy (non-hydrogen) atoms. The molecule has 1 aromatic heterocycles. The van der Waals surface area contributed by atoms with E-state index >= 15 is 0 Å². The maximum absolute atomic E-state index is 12.1. The van der Waals surface area contributed by atoms with Gasteiger partial charge in [-0.25, -0.2) is 0 Å². The molecule has 0 radical (unpaired) electrons. The van der Waals surface area contributed by atoms with E-state index in [1.807, 2.05) is 26.2 Å². The molecule has 1 heterocycles. The van der Waals surface area contributed by atoms with Gasteiger partial charge in [0.2, 0.25) is 0 Å². The Morgan fingerprint density at radius 1 is 1.44 bits per heavy atom. The molecule has 0 aliphatic carbocycles. The summed E-state index contributed by atoms with van der Waals surface area (Å²) in [4.78, 5) is 12.1. The summed E-state index contributed by atoms with van der Waals surface area (Å²) >= 11 is 5.92. The van der Waals surface area contributed by atoms with Crippen LogP contribution in [-0.2, 0) is 13.5 Å². The van der Waals surface area contributed by atoms with Gasteiger partial charge >= 0.3 is 0 Å². The van der Waals surface area contributed by atoms with Crippen LogP contribution in [0.25, 0.3) is 0 Å². The highest BCUT2D eigenvalue weighted by molar-refractivity contribution is 6.31. The molecule has 0 bridgehead atoms. The zero-order valence-electron chi connectivity index (χ0n) is 10.5. The number of carbonyl (C=O) groups excluding carboxylic acids is 1. The third-order valence-electron chi connectivity index (χ3n) is 2.90. The number of rotatable bonds is 4. The number of ketones is 1. The van der Waals surface area contributed by atoms with Crippen LogP contribution in [0.15, 0.2) is 30.6 Å². The molecule has 4 heteroatoms. The van der Waals surface area contributed by atoms with E-state index in [4.69, 9.17) is 11.6 Å². The van der Waals surface area contributed by atoms with E-state index < -0.39 is 0 Å². The van der Waals surface area contributed by atoms with Crippen LogP contribution in [-0.4, -0.2) is 15.6 Å². The number of aryl methyl sites for hydroxylation is 3. The third kappa shape index (κ3) is 2.99. The SMILES string of the molecule is Cc1ccc(Cl)cc1C(=O)CCc1cnn(C)c1. The Hall–Kier alpha value is -1.61. The van der Waals surface area contributed by atoms with Gasteiger partial charge in [0.25, 0.3) is 0 Å². The molecular formula is C14H15ClN2O. The van der Waals surface area contributed by atoms with Crippen molar-refractivity contribution in [2.24, 2.45) is 7.05 Å². The maximum atomic E-state index is 12.1. The third-order valence-corrected chi connectivity index (χ3v) is 3.13. The number of halogens is 1. The molecule has 0 aliphatic rings. The summed E-state index contributed by atoms with van der Waals surface area (Å²) < 4.78 is 1.74. The molecule has 0 N–H and O–H groups in total. The predicted octanol–water partition coefficient (Wildman–Crippen LogP) is 3.20. The van der Waals surface area contributed by atoms with Gasteiger partial charge in [-0.3, -0.25) is 9.48 Å². The normalized spacial score (nSPS) is 10.6. The van der Waals surface area contributed by atoms with Crippen LogP contribution >= 0.6 is 11.6 Å². The molecule has 2 aromatic rings. The Kier molecular flexibility index (Phi) is 3.82. The Labute approximate surface area is 111 Å². The van der Waals surface area contributed by atoms with Crippen molar-refractivity contribution in [1.82, 2.24) is 9.78 Å². The van der Waals surface area contributed by atoms with Crippen molar-refractivity contribution in [3.63, 3.8) is 0 Å². The van der Waals surface area contributed by atoms with Gasteiger partial charge in [-0.2, -0.15) is 5.10 Å². The zero-order chi connectivity index (χ0) is 13.1. The minimum Gasteiger partial charge on any atom is -0.294 e. The lowest BCUT2D eigenvalue weighted by Crippen LogP contribution is -2.03. The molecule has 0 aliphatic heterocycles. The first kappa shape index (κ1) is 12.8. The van der Waals surface area contributed by atoms with Crippen molar-refractivity contribution < 1.29 is 4.79 Å². The van der Waals surface area contributed by atoms with Crippen LogP contribution in [0.4, 0.5) is 0 Å².